The fraction of sp³-hybridized carbons (Fsp3) is 0.400. The average Bonchev–Trinajstić information content (AvgIpc) is 2.56. The quantitative estimate of drug-likeness (QED) is 0.620. The van der Waals surface area contributed by atoms with Gasteiger partial charge in [0.25, 0.3) is 0 Å². The minimum Gasteiger partial charge on any atom is -0.222 e. The number of hydrogen-bond acceptors (Lipinski definition) is 3. The Balaban J connectivity index is 2.42. The molecule has 0 aliphatic rings. The first kappa shape index (κ1) is 11.1. The maximum atomic E-state index is 6.08. The second-order valence-electron chi connectivity index (χ2n) is 3.30. The number of alkyl halides is 1. The van der Waals surface area contributed by atoms with Crippen LogP contribution in [0.5, 0.6) is 0 Å². The number of nitrogens with zero attached hydrogens (tertiary/aromatic N) is 2. The van der Waals surface area contributed by atoms with Crippen molar-refractivity contribution >= 4 is 44.8 Å². The highest BCUT2D eigenvalue weighted by Crippen LogP contribution is 2.28. The second-order valence-corrected chi connectivity index (χ2v) is 5.27. The van der Waals surface area contributed by atoms with Crippen molar-refractivity contribution in [1.82, 2.24) is 9.97 Å². The van der Waals surface area contributed by atoms with Gasteiger partial charge in [0.05, 0.1) is 0 Å². The summed E-state index contributed by atoms with van der Waals surface area (Å²) < 4.78 is 0. The zero-order valence-electron chi connectivity index (χ0n) is 8.26. The van der Waals surface area contributed by atoms with Crippen LogP contribution in [0.3, 0.4) is 0 Å². The smallest absolute Gasteiger partial charge is 0.141 e. The van der Waals surface area contributed by atoms with Crippen LogP contribution in [0.15, 0.2) is 6.07 Å². The van der Waals surface area contributed by atoms with E-state index >= 15 is 0 Å². The van der Waals surface area contributed by atoms with Crippen LogP contribution in [0.4, 0.5) is 0 Å². The van der Waals surface area contributed by atoms with Crippen LogP contribution in [-0.2, 0) is 6.42 Å². The molecule has 5 heteroatoms. The van der Waals surface area contributed by atoms with Gasteiger partial charge < -0.3 is 0 Å². The highest BCUT2D eigenvalue weighted by molar-refractivity contribution is 7.18. The maximum absolute atomic E-state index is 6.08. The van der Waals surface area contributed by atoms with E-state index in [2.05, 4.69) is 9.97 Å². The van der Waals surface area contributed by atoms with Gasteiger partial charge in [0.15, 0.2) is 0 Å². The topological polar surface area (TPSA) is 25.8 Å². The summed E-state index contributed by atoms with van der Waals surface area (Å²) in [5.74, 6) is 1.41. The molecule has 0 spiro atoms. The lowest BCUT2D eigenvalue weighted by atomic mass is 10.3. The molecule has 0 N–H and O–H groups in total. The zero-order valence-corrected chi connectivity index (χ0v) is 10.6. The van der Waals surface area contributed by atoms with Gasteiger partial charge in [-0.1, -0.05) is 11.6 Å². The first-order valence-corrected chi connectivity index (χ1v) is 6.42. The minimum absolute atomic E-state index is 0.550. The van der Waals surface area contributed by atoms with E-state index in [1.165, 1.54) is 4.88 Å². The third-order valence-electron chi connectivity index (χ3n) is 2.05. The standard InChI is InChI=1S/C10H10Cl2N2S/c1-6-5-7-9(12)13-8(3-2-4-11)14-10(7)15-6/h5H,2-4H2,1H3. The predicted molar refractivity (Wildman–Crippen MR) is 66.2 cm³/mol. The fourth-order valence-corrected chi connectivity index (χ4v) is 2.71. The molecule has 0 aromatic carbocycles. The molecule has 2 aromatic rings. The van der Waals surface area contributed by atoms with Crippen LogP contribution in [0.1, 0.15) is 17.1 Å². The predicted octanol–water partition coefficient (Wildman–Crippen LogP) is 3.82. The molecular weight excluding hydrogens is 251 g/mol. The summed E-state index contributed by atoms with van der Waals surface area (Å²) in [6.07, 6.45) is 1.67. The number of rotatable bonds is 3. The van der Waals surface area contributed by atoms with Crippen molar-refractivity contribution < 1.29 is 0 Å². The van der Waals surface area contributed by atoms with E-state index in [1.54, 1.807) is 11.3 Å². The van der Waals surface area contributed by atoms with Gasteiger partial charge in [0.1, 0.15) is 15.8 Å². The minimum atomic E-state index is 0.550. The van der Waals surface area contributed by atoms with Crippen molar-refractivity contribution in [2.24, 2.45) is 0 Å². The Labute approximate surface area is 102 Å². The Hall–Kier alpha value is -0.380. The summed E-state index contributed by atoms with van der Waals surface area (Å²) in [6.45, 7) is 2.04. The summed E-state index contributed by atoms with van der Waals surface area (Å²) in [5, 5.41) is 1.50. The van der Waals surface area contributed by atoms with Gasteiger partial charge in [-0.3, -0.25) is 0 Å². The molecule has 15 heavy (non-hydrogen) atoms. The lowest BCUT2D eigenvalue weighted by Crippen LogP contribution is -1.95. The Morgan fingerprint density at radius 1 is 1.40 bits per heavy atom. The number of fused-ring (bicyclic) bond motifs is 1. The molecule has 2 nitrogen and oxygen atoms in total. The Bertz CT molecular complexity index is 481. The third kappa shape index (κ3) is 2.41. The zero-order chi connectivity index (χ0) is 10.8. The van der Waals surface area contributed by atoms with E-state index in [1.807, 2.05) is 13.0 Å². The highest BCUT2D eigenvalue weighted by atomic mass is 35.5. The van der Waals surface area contributed by atoms with Crippen molar-refractivity contribution in [3.63, 3.8) is 0 Å². The van der Waals surface area contributed by atoms with E-state index in [-0.39, 0.29) is 0 Å². The van der Waals surface area contributed by atoms with Gasteiger partial charge in [0, 0.05) is 22.6 Å². The van der Waals surface area contributed by atoms with Crippen LogP contribution in [-0.4, -0.2) is 15.8 Å². The van der Waals surface area contributed by atoms with Gasteiger partial charge >= 0.3 is 0 Å². The van der Waals surface area contributed by atoms with E-state index in [9.17, 15) is 0 Å². The number of hydrogen-bond donors (Lipinski definition) is 0. The third-order valence-corrected chi connectivity index (χ3v) is 3.55. The molecule has 0 radical (unpaired) electrons. The SMILES string of the molecule is Cc1cc2c(Cl)nc(CCCCl)nc2s1. The molecule has 0 aliphatic heterocycles. The molecule has 0 unspecified atom stereocenters. The highest BCUT2D eigenvalue weighted by Gasteiger charge is 2.08. The molecule has 0 atom stereocenters. The average molecular weight is 261 g/mol. The summed E-state index contributed by atoms with van der Waals surface area (Å²) in [4.78, 5) is 10.9. The molecule has 0 bridgehead atoms. The Kier molecular flexibility index (Phi) is 3.44. The lowest BCUT2D eigenvalue weighted by molar-refractivity contribution is 0.850. The first-order valence-electron chi connectivity index (χ1n) is 4.69. The largest absolute Gasteiger partial charge is 0.222 e. The van der Waals surface area contributed by atoms with Gasteiger partial charge in [0.2, 0.25) is 0 Å². The first-order chi connectivity index (χ1) is 7.20. The Morgan fingerprint density at radius 2 is 2.20 bits per heavy atom. The molecule has 2 rings (SSSR count). The normalized spacial score (nSPS) is 11.1. The lowest BCUT2D eigenvalue weighted by Gasteiger charge is -1.99. The maximum Gasteiger partial charge on any atom is 0.141 e. The fourth-order valence-electron chi connectivity index (χ4n) is 1.39. The van der Waals surface area contributed by atoms with E-state index in [4.69, 9.17) is 23.2 Å². The van der Waals surface area contributed by atoms with Crippen LogP contribution >= 0.6 is 34.5 Å². The van der Waals surface area contributed by atoms with Gasteiger partial charge in [-0.25, -0.2) is 9.97 Å². The van der Waals surface area contributed by atoms with Crippen LogP contribution in [0.25, 0.3) is 10.2 Å². The molecule has 0 amide bonds. The summed E-state index contributed by atoms with van der Waals surface area (Å²) >= 11 is 13.4. The number of thiophene rings is 1. The molecular formula is C10H10Cl2N2S. The van der Waals surface area contributed by atoms with E-state index in [0.29, 0.717) is 11.0 Å². The molecule has 0 fully saturated rings. The molecule has 80 valence electrons. The van der Waals surface area contributed by atoms with Gasteiger partial charge in [-0.2, -0.15) is 0 Å². The van der Waals surface area contributed by atoms with Gasteiger partial charge in [-0.15, -0.1) is 22.9 Å². The molecule has 0 saturated carbocycles. The molecule has 0 saturated heterocycles. The monoisotopic (exact) mass is 260 g/mol. The van der Waals surface area contributed by atoms with Crippen LogP contribution < -0.4 is 0 Å². The van der Waals surface area contributed by atoms with Crippen molar-refractivity contribution in [1.29, 1.82) is 0 Å². The van der Waals surface area contributed by atoms with Crippen LogP contribution in [0.2, 0.25) is 5.15 Å². The van der Waals surface area contributed by atoms with Crippen molar-refractivity contribution in [2.45, 2.75) is 19.8 Å². The van der Waals surface area contributed by atoms with Crippen molar-refractivity contribution in [3.05, 3.63) is 21.9 Å². The van der Waals surface area contributed by atoms with Crippen molar-refractivity contribution in [3.8, 4) is 0 Å². The van der Waals surface area contributed by atoms with Crippen LogP contribution in [0, 0.1) is 6.92 Å². The number of aromatic nitrogens is 2. The summed E-state index contributed by atoms with van der Waals surface area (Å²) in [6, 6.07) is 2.02. The summed E-state index contributed by atoms with van der Waals surface area (Å²) in [7, 11) is 0. The number of halogens is 2. The second kappa shape index (κ2) is 4.64. The van der Waals surface area contributed by atoms with E-state index < -0.39 is 0 Å². The van der Waals surface area contributed by atoms with Crippen molar-refractivity contribution in [2.75, 3.05) is 5.88 Å². The molecule has 2 heterocycles. The molecule has 0 aliphatic carbocycles. The van der Waals surface area contributed by atoms with Gasteiger partial charge in [-0.05, 0) is 19.4 Å². The Morgan fingerprint density at radius 3 is 2.93 bits per heavy atom. The summed E-state index contributed by atoms with van der Waals surface area (Å²) in [5.41, 5.74) is 0. The number of aryl methyl sites for hydroxylation is 2. The molecule has 2 aromatic heterocycles. The van der Waals surface area contributed by atoms with E-state index in [0.717, 1.165) is 28.9 Å².